The molecule has 2 aromatic rings. The first-order valence-electron chi connectivity index (χ1n) is 7.97. The lowest BCUT2D eigenvalue weighted by Gasteiger charge is -2.08. The van der Waals surface area contributed by atoms with Crippen molar-refractivity contribution in [2.75, 3.05) is 13.2 Å². The lowest BCUT2D eigenvalue weighted by Crippen LogP contribution is -2.01. The second-order valence-corrected chi connectivity index (χ2v) is 5.32. The maximum absolute atomic E-state index is 7.15. The molecule has 4 nitrogen and oxygen atoms in total. The summed E-state index contributed by atoms with van der Waals surface area (Å²) in [6, 6.07) is 15.5. The summed E-state index contributed by atoms with van der Waals surface area (Å²) in [7, 11) is 0. The van der Waals surface area contributed by atoms with Crippen molar-refractivity contribution in [2.45, 2.75) is 25.8 Å². The van der Waals surface area contributed by atoms with E-state index in [4.69, 9.17) is 20.6 Å². The molecule has 0 atom stereocenters. The summed E-state index contributed by atoms with van der Waals surface area (Å²) in [4.78, 5) is 0. The zero-order chi connectivity index (χ0) is 16.3. The number of rotatable bonds is 10. The minimum absolute atomic E-state index is 0.560. The third-order valence-corrected chi connectivity index (χ3v) is 3.53. The van der Waals surface area contributed by atoms with Crippen LogP contribution in [0, 0.1) is 5.41 Å². The van der Waals surface area contributed by atoms with E-state index in [2.05, 4.69) is 0 Å². The van der Waals surface area contributed by atoms with Gasteiger partial charge in [0.25, 0.3) is 0 Å². The third-order valence-electron chi connectivity index (χ3n) is 3.53. The summed E-state index contributed by atoms with van der Waals surface area (Å²) >= 11 is 0. The molecule has 0 aliphatic heterocycles. The quantitative estimate of drug-likeness (QED) is 0.518. The molecule has 0 radical (unpaired) electrons. The Labute approximate surface area is 137 Å². The van der Waals surface area contributed by atoms with Gasteiger partial charge in [0, 0.05) is 12.8 Å². The van der Waals surface area contributed by atoms with Crippen LogP contribution in [0.25, 0.3) is 0 Å². The van der Waals surface area contributed by atoms with Crippen molar-refractivity contribution in [1.29, 1.82) is 5.41 Å². The molecule has 4 heteroatoms. The first-order chi connectivity index (χ1) is 11.3. The molecule has 0 saturated heterocycles. The largest absolute Gasteiger partial charge is 0.494 e. The zero-order valence-electron chi connectivity index (χ0n) is 13.3. The Hall–Kier alpha value is -2.33. The zero-order valence-corrected chi connectivity index (χ0v) is 13.3. The van der Waals surface area contributed by atoms with Crippen LogP contribution in [0.3, 0.4) is 0 Å². The van der Waals surface area contributed by atoms with Gasteiger partial charge in [0.2, 0.25) is 0 Å². The summed E-state index contributed by atoms with van der Waals surface area (Å²) in [6.07, 6.45) is 4.41. The van der Waals surface area contributed by atoms with Crippen LogP contribution in [0.4, 0.5) is 0 Å². The van der Waals surface area contributed by atoms with Crippen molar-refractivity contribution in [3.05, 3.63) is 59.7 Å². The fourth-order valence-corrected chi connectivity index (χ4v) is 2.14. The molecule has 0 amide bonds. The highest BCUT2D eigenvalue weighted by Crippen LogP contribution is 2.13. The van der Waals surface area contributed by atoms with E-state index in [9.17, 15) is 0 Å². The molecule has 3 N–H and O–H groups in total. The standard InChI is InChI=1S/C19H24N2O2/c20-14-16-4-8-18(9-5-16)22-12-2-1-3-13-23-19-10-6-17(15-21)7-11-19/h4-11,14,20H,1-3,12-13,15,21H2. The number of ether oxygens (including phenoxy) is 2. The Morgan fingerprint density at radius 2 is 1.30 bits per heavy atom. The molecule has 0 heterocycles. The van der Waals surface area contributed by atoms with Gasteiger partial charge in [0.05, 0.1) is 13.2 Å². The second-order valence-electron chi connectivity index (χ2n) is 5.32. The molecule has 0 fully saturated rings. The van der Waals surface area contributed by atoms with Crippen LogP contribution in [-0.2, 0) is 6.54 Å². The first-order valence-corrected chi connectivity index (χ1v) is 7.97. The number of hydrogen-bond donors (Lipinski definition) is 2. The van der Waals surface area contributed by atoms with Crippen LogP contribution in [0.5, 0.6) is 11.5 Å². The van der Waals surface area contributed by atoms with Gasteiger partial charge >= 0.3 is 0 Å². The Morgan fingerprint density at radius 3 is 1.78 bits per heavy atom. The molecule has 122 valence electrons. The van der Waals surface area contributed by atoms with Crippen LogP contribution in [0.1, 0.15) is 30.4 Å². The summed E-state index contributed by atoms with van der Waals surface area (Å²) in [5, 5.41) is 7.15. The minimum atomic E-state index is 0.560. The van der Waals surface area contributed by atoms with Crippen molar-refractivity contribution in [3.8, 4) is 11.5 Å². The van der Waals surface area contributed by atoms with E-state index in [1.54, 1.807) is 0 Å². The van der Waals surface area contributed by atoms with Crippen LogP contribution < -0.4 is 15.2 Å². The monoisotopic (exact) mass is 312 g/mol. The van der Waals surface area contributed by atoms with E-state index in [1.807, 2.05) is 48.5 Å². The van der Waals surface area contributed by atoms with Crippen LogP contribution >= 0.6 is 0 Å². The second kappa shape index (κ2) is 9.64. The topological polar surface area (TPSA) is 68.3 Å². The lowest BCUT2D eigenvalue weighted by molar-refractivity contribution is 0.279. The maximum atomic E-state index is 7.15. The lowest BCUT2D eigenvalue weighted by atomic mass is 10.2. The normalized spacial score (nSPS) is 10.3. The number of benzene rings is 2. The van der Waals surface area contributed by atoms with E-state index in [-0.39, 0.29) is 0 Å². The Bertz CT molecular complexity index is 579. The molecule has 0 bridgehead atoms. The molecule has 0 spiro atoms. The fourth-order valence-electron chi connectivity index (χ4n) is 2.14. The van der Waals surface area contributed by atoms with Gasteiger partial charge in [-0.3, -0.25) is 0 Å². The van der Waals surface area contributed by atoms with Gasteiger partial charge in [-0.25, -0.2) is 0 Å². The first kappa shape index (κ1) is 17.0. The van der Waals surface area contributed by atoms with Crippen LogP contribution in [0.2, 0.25) is 0 Å². The predicted molar refractivity (Wildman–Crippen MR) is 93.5 cm³/mol. The summed E-state index contributed by atoms with van der Waals surface area (Å²) < 4.78 is 11.4. The summed E-state index contributed by atoms with van der Waals surface area (Å²) in [5.74, 6) is 1.75. The highest BCUT2D eigenvalue weighted by Gasteiger charge is 1.97. The maximum Gasteiger partial charge on any atom is 0.119 e. The summed E-state index contributed by atoms with van der Waals surface area (Å²) in [6.45, 7) is 1.98. The Kier molecular flexibility index (Phi) is 7.14. The molecular weight excluding hydrogens is 288 g/mol. The fraction of sp³-hybridized carbons (Fsp3) is 0.316. The third kappa shape index (κ3) is 6.12. The van der Waals surface area contributed by atoms with E-state index in [0.29, 0.717) is 13.2 Å². The molecule has 0 saturated carbocycles. The molecule has 0 aromatic heterocycles. The van der Waals surface area contributed by atoms with Gasteiger partial charge in [-0.2, -0.15) is 0 Å². The molecule has 2 rings (SSSR count). The Balaban J connectivity index is 1.54. The van der Waals surface area contributed by atoms with Crippen molar-refractivity contribution in [2.24, 2.45) is 5.73 Å². The molecule has 0 aliphatic rings. The van der Waals surface area contributed by atoms with E-state index >= 15 is 0 Å². The highest BCUT2D eigenvalue weighted by molar-refractivity contribution is 5.76. The average molecular weight is 312 g/mol. The van der Waals surface area contributed by atoms with Gasteiger partial charge in [0.1, 0.15) is 11.5 Å². The average Bonchev–Trinajstić information content (AvgIpc) is 2.62. The molecule has 0 unspecified atom stereocenters. The van der Waals surface area contributed by atoms with Gasteiger partial charge in [-0.05, 0) is 66.8 Å². The van der Waals surface area contributed by atoms with Crippen molar-refractivity contribution in [3.63, 3.8) is 0 Å². The number of hydrogen-bond acceptors (Lipinski definition) is 4. The number of nitrogens with one attached hydrogen (secondary N) is 1. The SMILES string of the molecule is N=Cc1ccc(OCCCCCOc2ccc(CN)cc2)cc1. The minimum Gasteiger partial charge on any atom is -0.494 e. The van der Waals surface area contributed by atoms with Gasteiger partial charge in [0.15, 0.2) is 0 Å². The van der Waals surface area contributed by atoms with Crippen molar-refractivity contribution in [1.82, 2.24) is 0 Å². The van der Waals surface area contributed by atoms with Gasteiger partial charge < -0.3 is 20.6 Å². The van der Waals surface area contributed by atoms with Crippen molar-refractivity contribution < 1.29 is 9.47 Å². The Morgan fingerprint density at radius 1 is 0.783 bits per heavy atom. The van der Waals surface area contributed by atoms with E-state index < -0.39 is 0 Å². The van der Waals surface area contributed by atoms with Crippen LogP contribution in [0.15, 0.2) is 48.5 Å². The predicted octanol–water partition coefficient (Wildman–Crippen LogP) is 3.77. The number of nitrogens with two attached hydrogens (primary N) is 1. The van der Waals surface area contributed by atoms with Crippen LogP contribution in [-0.4, -0.2) is 19.4 Å². The molecule has 0 aliphatic carbocycles. The van der Waals surface area contributed by atoms with E-state index in [1.165, 1.54) is 6.21 Å². The molecule has 23 heavy (non-hydrogen) atoms. The molecule has 2 aromatic carbocycles. The smallest absolute Gasteiger partial charge is 0.119 e. The van der Waals surface area contributed by atoms with Crippen molar-refractivity contribution >= 4 is 6.21 Å². The van der Waals surface area contributed by atoms with E-state index in [0.717, 1.165) is 48.5 Å². The van der Waals surface area contributed by atoms with Gasteiger partial charge in [-0.15, -0.1) is 0 Å². The number of unbranched alkanes of at least 4 members (excludes halogenated alkanes) is 2. The molecular formula is C19H24N2O2. The van der Waals surface area contributed by atoms with Gasteiger partial charge in [-0.1, -0.05) is 12.1 Å². The highest BCUT2D eigenvalue weighted by atomic mass is 16.5. The summed E-state index contributed by atoms with van der Waals surface area (Å²) in [5.41, 5.74) is 7.56.